The lowest BCUT2D eigenvalue weighted by molar-refractivity contribution is -0.150. The van der Waals surface area contributed by atoms with Crippen molar-refractivity contribution in [2.75, 3.05) is 6.61 Å². The predicted molar refractivity (Wildman–Crippen MR) is 231 cm³/mol. The third-order valence-electron chi connectivity index (χ3n) is 9.63. The molecular formula is C48H83NO5. The summed E-state index contributed by atoms with van der Waals surface area (Å²) in [6.45, 7) is 6.26. The first-order chi connectivity index (χ1) is 26.5. The third-order valence-corrected chi connectivity index (χ3v) is 9.63. The first-order valence-corrected chi connectivity index (χ1v) is 22.2. The first-order valence-electron chi connectivity index (χ1n) is 22.2. The molecule has 0 aliphatic rings. The molecule has 0 saturated carbocycles. The molecule has 3 atom stereocenters. The normalized spacial score (nSPS) is 14.1. The maximum atomic E-state index is 13.1. The zero-order valence-electron chi connectivity index (χ0n) is 35.1. The van der Waals surface area contributed by atoms with Crippen molar-refractivity contribution in [1.82, 2.24) is 5.32 Å². The monoisotopic (exact) mass is 754 g/mol. The number of ether oxygens (including phenoxy) is 1. The Bertz CT molecular complexity index is 1030. The lowest BCUT2D eigenvalue weighted by Gasteiger charge is -2.24. The van der Waals surface area contributed by atoms with Gasteiger partial charge in [-0.2, -0.15) is 0 Å². The third kappa shape index (κ3) is 36.3. The minimum Gasteiger partial charge on any atom is -0.462 e. The molecular weight excluding hydrogens is 671 g/mol. The average Bonchev–Trinajstić information content (AvgIpc) is 3.16. The zero-order valence-corrected chi connectivity index (χ0v) is 35.1. The molecule has 6 nitrogen and oxygen atoms in total. The van der Waals surface area contributed by atoms with Crippen LogP contribution in [0.15, 0.2) is 72.9 Å². The van der Waals surface area contributed by atoms with Crippen molar-refractivity contribution in [1.29, 1.82) is 0 Å². The van der Waals surface area contributed by atoms with E-state index in [-0.39, 0.29) is 31.3 Å². The lowest BCUT2D eigenvalue weighted by atomic mass is 10.0. The van der Waals surface area contributed by atoms with Crippen LogP contribution in [0.3, 0.4) is 0 Å². The number of amides is 1. The molecule has 0 rings (SSSR count). The summed E-state index contributed by atoms with van der Waals surface area (Å²) in [4.78, 5) is 25.9. The van der Waals surface area contributed by atoms with Gasteiger partial charge in [0.25, 0.3) is 0 Å². The Labute approximate surface area is 332 Å². The number of unbranched alkanes of at least 4 members (excludes halogenated alkanes) is 17. The van der Waals surface area contributed by atoms with Crippen LogP contribution >= 0.6 is 0 Å². The smallest absolute Gasteiger partial charge is 0.306 e. The largest absolute Gasteiger partial charge is 0.462 e. The zero-order chi connectivity index (χ0) is 39.6. The van der Waals surface area contributed by atoms with E-state index in [4.69, 9.17) is 4.74 Å². The topological polar surface area (TPSA) is 95.9 Å². The molecule has 1 amide bonds. The van der Waals surface area contributed by atoms with E-state index in [1.54, 1.807) is 0 Å². The second-order valence-corrected chi connectivity index (χ2v) is 14.8. The Balaban J connectivity index is 4.77. The van der Waals surface area contributed by atoms with Crippen LogP contribution in [0.1, 0.15) is 194 Å². The summed E-state index contributed by atoms with van der Waals surface area (Å²) in [7, 11) is 0. The van der Waals surface area contributed by atoms with Crippen molar-refractivity contribution in [2.24, 2.45) is 0 Å². The van der Waals surface area contributed by atoms with Crippen LogP contribution in [0.5, 0.6) is 0 Å². The van der Waals surface area contributed by atoms with Crippen molar-refractivity contribution in [2.45, 2.75) is 212 Å². The number of rotatable bonds is 38. The van der Waals surface area contributed by atoms with Gasteiger partial charge in [-0.25, -0.2) is 0 Å². The van der Waals surface area contributed by atoms with Crippen molar-refractivity contribution >= 4 is 11.9 Å². The molecule has 310 valence electrons. The van der Waals surface area contributed by atoms with Crippen molar-refractivity contribution in [3.05, 3.63) is 72.9 Å². The molecule has 0 fully saturated rings. The van der Waals surface area contributed by atoms with Crippen molar-refractivity contribution in [3.8, 4) is 0 Å². The van der Waals surface area contributed by atoms with Gasteiger partial charge in [-0.15, -0.1) is 0 Å². The highest BCUT2D eigenvalue weighted by atomic mass is 16.5. The minimum absolute atomic E-state index is 0.00628. The molecule has 0 aromatic carbocycles. The van der Waals surface area contributed by atoms with E-state index in [0.29, 0.717) is 19.3 Å². The summed E-state index contributed by atoms with van der Waals surface area (Å²) < 4.78 is 5.81. The Morgan fingerprint density at radius 3 is 1.69 bits per heavy atom. The van der Waals surface area contributed by atoms with Crippen LogP contribution in [-0.4, -0.2) is 46.9 Å². The SMILES string of the molecule is CC/C=C/C=C/C=C\C=C/CCCC(CC(=O)NC(CO)C(O)CCCCCCCCCCCCC)OC(=O)CC/C=C/C/C=C\CCCCCCCC. The molecule has 0 aromatic rings. The number of esters is 1. The van der Waals surface area contributed by atoms with Gasteiger partial charge in [-0.1, -0.05) is 196 Å². The number of carbonyl (C=O) groups is 2. The minimum atomic E-state index is -0.814. The van der Waals surface area contributed by atoms with Gasteiger partial charge in [-0.3, -0.25) is 9.59 Å². The second-order valence-electron chi connectivity index (χ2n) is 14.8. The van der Waals surface area contributed by atoms with Gasteiger partial charge in [0.1, 0.15) is 6.10 Å². The summed E-state index contributed by atoms with van der Waals surface area (Å²) in [6.07, 6.45) is 51.2. The van der Waals surface area contributed by atoms with E-state index in [1.165, 1.54) is 89.9 Å². The van der Waals surface area contributed by atoms with E-state index in [0.717, 1.165) is 51.4 Å². The predicted octanol–water partition coefficient (Wildman–Crippen LogP) is 12.7. The van der Waals surface area contributed by atoms with Gasteiger partial charge in [-0.05, 0) is 57.8 Å². The average molecular weight is 754 g/mol. The summed E-state index contributed by atoms with van der Waals surface area (Å²) in [5.74, 6) is -0.631. The van der Waals surface area contributed by atoms with E-state index in [1.807, 2.05) is 42.5 Å². The van der Waals surface area contributed by atoms with Gasteiger partial charge >= 0.3 is 5.97 Å². The summed E-state index contributed by atoms with van der Waals surface area (Å²) in [5.41, 5.74) is 0. The van der Waals surface area contributed by atoms with Crippen LogP contribution in [0.4, 0.5) is 0 Å². The van der Waals surface area contributed by atoms with Gasteiger partial charge < -0.3 is 20.3 Å². The molecule has 0 aliphatic carbocycles. The van der Waals surface area contributed by atoms with E-state index >= 15 is 0 Å². The number of nitrogens with one attached hydrogen (secondary N) is 1. The number of aliphatic hydroxyl groups is 2. The quantitative estimate of drug-likeness (QED) is 0.0252. The maximum absolute atomic E-state index is 13.1. The van der Waals surface area contributed by atoms with Crippen molar-refractivity contribution < 1.29 is 24.5 Å². The van der Waals surface area contributed by atoms with Crippen LogP contribution < -0.4 is 5.32 Å². The van der Waals surface area contributed by atoms with Crippen LogP contribution in [0, 0.1) is 0 Å². The molecule has 0 aromatic heterocycles. The maximum Gasteiger partial charge on any atom is 0.306 e. The molecule has 0 saturated heterocycles. The fourth-order valence-corrected chi connectivity index (χ4v) is 6.26. The molecule has 0 heterocycles. The molecule has 0 radical (unpaired) electrons. The molecule has 0 spiro atoms. The molecule has 0 aliphatic heterocycles. The lowest BCUT2D eigenvalue weighted by Crippen LogP contribution is -2.46. The summed E-state index contributed by atoms with van der Waals surface area (Å²) >= 11 is 0. The molecule has 6 heteroatoms. The number of allylic oxidation sites excluding steroid dienone is 12. The summed E-state index contributed by atoms with van der Waals surface area (Å²) in [6, 6.07) is -0.733. The Morgan fingerprint density at radius 1 is 0.574 bits per heavy atom. The molecule has 3 unspecified atom stereocenters. The highest BCUT2D eigenvalue weighted by Gasteiger charge is 2.23. The fourth-order valence-electron chi connectivity index (χ4n) is 6.26. The Morgan fingerprint density at radius 2 is 1.09 bits per heavy atom. The molecule has 3 N–H and O–H groups in total. The van der Waals surface area contributed by atoms with E-state index < -0.39 is 18.2 Å². The van der Waals surface area contributed by atoms with Gasteiger partial charge in [0.15, 0.2) is 0 Å². The number of hydrogen-bond donors (Lipinski definition) is 3. The van der Waals surface area contributed by atoms with Gasteiger partial charge in [0.05, 0.1) is 25.2 Å². The molecule has 54 heavy (non-hydrogen) atoms. The van der Waals surface area contributed by atoms with E-state index in [2.05, 4.69) is 56.5 Å². The second kappa shape index (κ2) is 41.5. The number of carbonyl (C=O) groups excluding carboxylic acids is 2. The number of aliphatic hydroxyl groups excluding tert-OH is 2. The van der Waals surface area contributed by atoms with Gasteiger partial charge in [0, 0.05) is 6.42 Å². The number of hydrogen-bond acceptors (Lipinski definition) is 5. The van der Waals surface area contributed by atoms with Gasteiger partial charge in [0.2, 0.25) is 5.91 Å². The fraction of sp³-hybridized carbons (Fsp3) is 0.708. The first kappa shape index (κ1) is 51.3. The van der Waals surface area contributed by atoms with E-state index in [9.17, 15) is 19.8 Å². The highest BCUT2D eigenvalue weighted by molar-refractivity contribution is 5.77. The molecule has 0 bridgehead atoms. The van der Waals surface area contributed by atoms with Crippen molar-refractivity contribution in [3.63, 3.8) is 0 Å². The highest BCUT2D eigenvalue weighted by Crippen LogP contribution is 2.15. The van der Waals surface area contributed by atoms with Crippen LogP contribution in [-0.2, 0) is 14.3 Å². The van der Waals surface area contributed by atoms with Crippen LogP contribution in [0.25, 0.3) is 0 Å². The van der Waals surface area contributed by atoms with Crippen LogP contribution in [0.2, 0.25) is 0 Å². The summed E-state index contributed by atoms with van der Waals surface area (Å²) in [5, 5.41) is 23.5. The Hall–Kier alpha value is -2.70. The standard InChI is InChI=1S/C48H83NO5/c1-4-7-10-13-16-19-22-23-26-29-32-35-38-41-48(53)54-44(39-36-33-30-27-24-20-17-14-11-8-5-2)42-47(52)49-45(43-50)46(51)40-37-34-31-28-25-21-18-15-12-9-6-3/h8,11,14,17,20,23-24,26-27,30,32,35,44-46,50-51H,4-7,9-10,12-13,15-16,18-19,21-22,25,28-29,31,33-34,36-43H2,1-3H3,(H,49,52)/b11-8+,17-14+,24-20-,26-23-,30-27-,35-32+. The Kier molecular flexibility index (Phi) is 39.4.